The fourth-order valence-electron chi connectivity index (χ4n) is 5.35. The minimum absolute atomic E-state index is 0.218. The van der Waals surface area contributed by atoms with Gasteiger partial charge in [0.05, 0.1) is 6.26 Å². The maximum atomic E-state index is 12.4. The Balaban J connectivity index is 1.08. The molecule has 1 N–H and O–H groups in total. The number of benzene rings is 2. The van der Waals surface area contributed by atoms with Crippen LogP contribution in [0.4, 0.5) is 17.1 Å². The van der Waals surface area contributed by atoms with Crippen LogP contribution < -0.4 is 21.1 Å². The molecule has 0 radical (unpaired) electrons. The van der Waals surface area contributed by atoms with E-state index in [9.17, 15) is 9.59 Å². The SMILES string of the molecule is O=c1c(NC2CCN(CCc3coc4ccccc34)CC2)c(N2CCc3ccccc32)c1=O. The van der Waals surface area contributed by atoms with Gasteiger partial charge in [0.2, 0.25) is 0 Å². The number of furan rings is 1. The summed E-state index contributed by atoms with van der Waals surface area (Å²) in [5.74, 6) is 0. The van der Waals surface area contributed by atoms with Crippen molar-refractivity contribution in [2.75, 3.05) is 36.4 Å². The lowest BCUT2D eigenvalue weighted by Crippen LogP contribution is -2.45. The molecule has 6 nitrogen and oxygen atoms in total. The molecule has 0 bridgehead atoms. The average molecular weight is 442 g/mol. The Morgan fingerprint density at radius 3 is 2.61 bits per heavy atom. The van der Waals surface area contributed by atoms with Crippen molar-refractivity contribution in [3.8, 4) is 0 Å². The maximum absolute atomic E-state index is 12.4. The molecule has 2 aliphatic rings. The predicted octanol–water partition coefficient (Wildman–Crippen LogP) is 3.84. The summed E-state index contributed by atoms with van der Waals surface area (Å²) < 4.78 is 5.66. The molecule has 0 aliphatic carbocycles. The molecule has 0 saturated carbocycles. The summed E-state index contributed by atoms with van der Waals surface area (Å²) in [6.07, 6.45) is 5.66. The van der Waals surface area contributed by atoms with Crippen molar-refractivity contribution in [1.29, 1.82) is 0 Å². The molecule has 0 spiro atoms. The Bertz CT molecular complexity index is 1370. The second kappa shape index (κ2) is 8.19. The number of para-hydroxylation sites is 2. The maximum Gasteiger partial charge on any atom is 0.253 e. The molecule has 3 heterocycles. The summed E-state index contributed by atoms with van der Waals surface area (Å²) in [7, 11) is 0. The van der Waals surface area contributed by atoms with Crippen LogP contribution in [0.2, 0.25) is 0 Å². The van der Waals surface area contributed by atoms with Gasteiger partial charge in [0.15, 0.2) is 0 Å². The highest BCUT2D eigenvalue weighted by Crippen LogP contribution is 2.36. The third-order valence-electron chi connectivity index (χ3n) is 7.24. The number of hydrogen-bond acceptors (Lipinski definition) is 6. The highest BCUT2D eigenvalue weighted by atomic mass is 16.3. The summed E-state index contributed by atoms with van der Waals surface area (Å²) in [6.45, 7) is 3.70. The zero-order valence-electron chi connectivity index (χ0n) is 18.5. The Kier molecular flexibility index (Phi) is 5.03. The normalized spacial score (nSPS) is 17.2. The second-order valence-corrected chi connectivity index (χ2v) is 9.18. The van der Waals surface area contributed by atoms with Crippen molar-refractivity contribution in [2.24, 2.45) is 0 Å². The zero-order chi connectivity index (χ0) is 22.4. The summed E-state index contributed by atoms with van der Waals surface area (Å²) in [5.41, 5.74) is 4.82. The largest absolute Gasteiger partial charge is 0.464 e. The van der Waals surface area contributed by atoms with Gasteiger partial charge in [-0.15, -0.1) is 0 Å². The van der Waals surface area contributed by atoms with Crippen LogP contribution >= 0.6 is 0 Å². The van der Waals surface area contributed by atoms with Crippen LogP contribution in [-0.2, 0) is 12.8 Å². The third-order valence-corrected chi connectivity index (χ3v) is 7.24. The lowest BCUT2D eigenvalue weighted by Gasteiger charge is -2.34. The number of fused-ring (bicyclic) bond motifs is 2. The van der Waals surface area contributed by atoms with Gasteiger partial charge in [0.25, 0.3) is 10.9 Å². The molecule has 3 aromatic carbocycles. The Morgan fingerprint density at radius 1 is 0.939 bits per heavy atom. The molecule has 0 atom stereocenters. The van der Waals surface area contributed by atoms with Gasteiger partial charge in [-0.3, -0.25) is 9.59 Å². The number of nitrogens with zero attached hydrogens (tertiary/aromatic N) is 2. The van der Waals surface area contributed by atoms with Gasteiger partial charge < -0.3 is 19.5 Å². The first kappa shape index (κ1) is 20.2. The molecule has 1 fully saturated rings. The van der Waals surface area contributed by atoms with Gasteiger partial charge in [-0.05, 0) is 48.9 Å². The van der Waals surface area contributed by atoms with Crippen molar-refractivity contribution < 1.29 is 4.42 Å². The van der Waals surface area contributed by atoms with Crippen molar-refractivity contribution in [3.05, 3.63) is 86.4 Å². The molecular weight excluding hydrogens is 414 g/mol. The van der Waals surface area contributed by atoms with E-state index in [1.807, 2.05) is 41.5 Å². The Labute approximate surface area is 192 Å². The Morgan fingerprint density at radius 2 is 1.73 bits per heavy atom. The molecule has 0 amide bonds. The number of nitrogens with one attached hydrogen (secondary N) is 1. The monoisotopic (exact) mass is 441 g/mol. The lowest BCUT2D eigenvalue weighted by molar-refractivity contribution is 0.221. The molecule has 4 aromatic rings. The predicted molar refractivity (Wildman–Crippen MR) is 132 cm³/mol. The average Bonchev–Trinajstić information content (AvgIpc) is 3.47. The molecule has 2 aliphatic heterocycles. The first-order valence-electron chi connectivity index (χ1n) is 11.8. The van der Waals surface area contributed by atoms with Crippen LogP contribution in [0.5, 0.6) is 0 Å². The van der Waals surface area contributed by atoms with Crippen molar-refractivity contribution in [1.82, 2.24) is 4.90 Å². The molecular formula is C27H27N3O3. The fourth-order valence-corrected chi connectivity index (χ4v) is 5.35. The first-order valence-corrected chi connectivity index (χ1v) is 11.8. The number of likely N-dealkylation sites (tertiary alicyclic amines) is 1. The van der Waals surface area contributed by atoms with E-state index in [1.54, 1.807) is 0 Å². The van der Waals surface area contributed by atoms with Gasteiger partial charge >= 0.3 is 0 Å². The van der Waals surface area contributed by atoms with Crippen LogP contribution in [-0.4, -0.2) is 37.1 Å². The fraction of sp³-hybridized carbons (Fsp3) is 0.333. The van der Waals surface area contributed by atoms with Crippen molar-refractivity contribution >= 4 is 28.0 Å². The van der Waals surface area contributed by atoms with Gasteiger partial charge in [-0.1, -0.05) is 36.4 Å². The van der Waals surface area contributed by atoms with Gasteiger partial charge in [0, 0.05) is 43.3 Å². The summed E-state index contributed by atoms with van der Waals surface area (Å²) in [4.78, 5) is 29.3. The zero-order valence-corrected chi connectivity index (χ0v) is 18.5. The van der Waals surface area contributed by atoms with E-state index < -0.39 is 0 Å². The standard InChI is InChI=1S/C27H27N3O3/c31-26-24(25(27(26)32)30-16-10-18-5-1-3-7-22(18)30)28-20-11-14-29(15-12-20)13-9-19-17-33-23-8-4-2-6-21(19)23/h1-8,17,20,28H,9-16H2. The quantitative estimate of drug-likeness (QED) is 0.459. The van der Waals surface area contributed by atoms with E-state index in [0.717, 1.165) is 63.1 Å². The number of piperidine rings is 1. The number of anilines is 3. The van der Waals surface area contributed by atoms with E-state index in [2.05, 4.69) is 28.4 Å². The van der Waals surface area contributed by atoms with Crippen LogP contribution in [0.1, 0.15) is 24.0 Å². The van der Waals surface area contributed by atoms with E-state index in [0.29, 0.717) is 11.4 Å². The number of hydrogen-bond donors (Lipinski definition) is 1. The van der Waals surface area contributed by atoms with E-state index in [-0.39, 0.29) is 16.9 Å². The van der Waals surface area contributed by atoms with E-state index >= 15 is 0 Å². The molecule has 1 aromatic heterocycles. The molecule has 0 unspecified atom stereocenters. The van der Waals surface area contributed by atoms with Crippen LogP contribution in [0.15, 0.2) is 68.8 Å². The topological polar surface area (TPSA) is 65.8 Å². The third kappa shape index (κ3) is 3.55. The molecule has 1 saturated heterocycles. The van der Waals surface area contributed by atoms with E-state index in [4.69, 9.17) is 4.42 Å². The Hall–Kier alpha value is -3.38. The van der Waals surface area contributed by atoms with Crippen LogP contribution in [0.25, 0.3) is 11.0 Å². The summed E-state index contributed by atoms with van der Waals surface area (Å²) >= 11 is 0. The van der Waals surface area contributed by atoms with Crippen molar-refractivity contribution in [3.63, 3.8) is 0 Å². The first-order chi connectivity index (χ1) is 16.2. The van der Waals surface area contributed by atoms with Crippen LogP contribution in [0.3, 0.4) is 0 Å². The van der Waals surface area contributed by atoms with Gasteiger partial charge in [-0.2, -0.15) is 0 Å². The van der Waals surface area contributed by atoms with Crippen molar-refractivity contribution in [2.45, 2.75) is 31.7 Å². The molecule has 33 heavy (non-hydrogen) atoms. The highest BCUT2D eigenvalue weighted by molar-refractivity contribution is 5.83. The van der Waals surface area contributed by atoms with E-state index in [1.165, 1.54) is 16.5 Å². The minimum atomic E-state index is -0.372. The minimum Gasteiger partial charge on any atom is -0.464 e. The van der Waals surface area contributed by atoms with Gasteiger partial charge in [-0.25, -0.2) is 0 Å². The summed E-state index contributed by atoms with van der Waals surface area (Å²) in [6, 6.07) is 16.5. The van der Waals surface area contributed by atoms with Crippen LogP contribution in [0, 0.1) is 0 Å². The second-order valence-electron chi connectivity index (χ2n) is 9.18. The highest BCUT2D eigenvalue weighted by Gasteiger charge is 2.32. The lowest BCUT2D eigenvalue weighted by atomic mass is 10.0. The smallest absolute Gasteiger partial charge is 0.253 e. The molecule has 168 valence electrons. The molecule has 6 heteroatoms. The van der Waals surface area contributed by atoms with Gasteiger partial charge in [0.1, 0.15) is 17.0 Å². The summed E-state index contributed by atoms with van der Waals surface area (Å²) in [5, 5.41) is 4.63. The number of rotatable bonds is 6. The molecule has 6 rings (SSSR count).